The number of rotatable bonds is 2. The normalized spacial score (nSPS) is 16.1. The van der Waals surface area contributed by atoms with Gasteiger partial charge in [-0.25, -0.2) is 0 Å². The van der Waals surface area contributed by atoms with E-state index in [1.54, 1.807) is 10.4 Å². The smallest absolute Gasteiger partial charge is 0.0359 e. The average Bonchev–Trinajstić information content (AvgIpc) is 2.50. The van der Waals surface area contributed by atoms with Crippen LogP contribution in [-0.4, -0.2) is 0 Å². The topological polar surface area (TPSA) is 38.0 Å². The highest BCUT2D eigenvalue weighted by atomic mass is 32.1. The van der Waals surface area contributed by atoms with Gasteiger partial charge in [-0.15, -0.1) is 11.3 Å². The number of aryl methyl sites for hydroxylation is 1. The van der Waals surface area contributed by atoms with Crippen molar-refractivity contribution in [3.8, 4) is 0 Å². The molecule has 0 aliphatic heterocycles. The molecule has 66 valence electrons. The molecule has 0 saturated carbocycles. The van der Waals surface area contributed by atoms with Gasteiger partial charge in [-0.2, -0.15) is 0 Å². The molecule has 1 aromatic rings. The van der Waals surface area contributed by atoms with Gasteiger partial charge in [0, 0.05) is 11.4 Å². The zero-order valence-corrected chi connectivity index (χ0v) is 7.91. The van der Waals surface area contributed by atoms with E-state index in [1.165, 1.54) is 31.2 Å². The van der Waals surface area contributed by atoms with Crippen LogP contribution in [0.2, 0.25) is 0 Å². The molecule has 3 heteroatoms. The zero-order valence-electron chi connectivity index (χ0n) is 7.10. The van der Waals surface area contributed by atoms with E-state index in [-0.39, 0.29) is 0 Å². The Bertz CT molecular complexity index is 267. The highest BCUT2D eigenvalue weighted by molar-refractivity contribution is 7.10. The summed E-state index contributed by atoms with van der Waals surface area (Å²) in [7, 11) is 0. The Balaban J connectivity index is 2.25. The van der Waals surface area contributed by atoms with E-state index in [1.807, 2.05) is 11.3 Å². The second-order valence-electron chi connectivity index (χ2n) is 3.25. The minimum atomic E-state index is 0.825. The molecule has 1 aliphatic carbocycles. The molecule has 0 unspecified atom stereocenters. The third-order valence-electron chi connectivity index (χ3n) is 2.44. The number of nitrogens with one attached hydrogen (secondary N) is 1. The maximum Gasteiger partial charge on any atom is 0.0359 e. The van der Waals surface area contributed by atoms with Crippen LogP contribution in [0.5, 0.6) is 0 Å². The van der Waals surface area contributed by atoms with Gasteiger partial charge < -0.3 is 0 Å². The van der Waals surface area contributed by atoms with E-state index in [9.17, 15) is 0 Å². The maximum absolute atomic E-state index is 5.31. The molecule has 0 aromatic carbocycles. The van der Waals surface area contributed by atoms with Gasteiger partial charge in [0.25, 0.3) is 0 Å². The lowest BCUT2D eigenvalue weighted by Gasteiger charge is -2.12. The number of nitrogens with two attached hydrogens (primary N) is 1. The lowest BCUT2D eigenvalue weighted by atomic mass is 9.96. The molecule has 12 heavy (non-hydrogen) atoms. The summed E-state index contributed by atoms with van der Waals surface area (Å²) in [6.45, 7) is 0.825. The molecule has 0 radical (unpaired) electrons. The molecule has 0 amide bonds. The van der Waals surface area contributed by atoms with E-state index in [0.29, 0.717) is 0 Å². The molecule has 0 atom stereocenters. The fourth-order valence-electron chi connectivity index (χ4n) is 1.82. The van der Waals surface area contributed by atoms with Crippen LogP contribution < -0.4 is 11.3 Å². The monoisotopic (exact) mass is 182 g/mol. The molecular formula is C9H14N2S. The Labute approximate surface area is 76.8 Å². The van der Waals surface area contributed by atoms with Gasteiger partial charge in [-0.3, -0.25) is 11.3 Å². The summed E-state index contributed by atoms with van der Waals surface area (Å²) < 4.78 is 0. The van der Waals surface area contributed by atoms with Crippen molar-refractivity contribution in [1.29, 1.82) is 0 Å². The second-order valence-corrected chi connectivity index (χ2v) is 4.21. The molecule has 2 rings (SSSR count). The molecule has 1 aromatic heterocycles. The standard InChI is InChI=1S/C9H14N2S/c10-11-5-7-6-12-9-4-2-1-3-8(7)9/h6,11H,1-5,10H2. The Morgan fingerprint density at radius 1 is 1.42 bits per heavy atom. The summed E-state index contributed by atoms with van der Waals surface area (Å²) in [5.74, 6) is 5.31. The molecule has 0 spiro atoms. The van der Waals surface area contributed by atoms with Crippen molar-refractivity contribution in [1.82, 2.24) is 5.43 Å². The minimum Gasteiger partial charge on any atom is -0.271 e. The molecule has 2 nitrogen and oxygen atoms in total. The number of fused-ring (bicyclic) bond motifs is 1. The average molecular weight is 182 g/mol. The Morgan fingerprint density at radius 3 is 3.08 bits per heavy atom. The van der Waals surface area contributed by atoms with Crippen molar-refractivity contribution < 1.29 is 0 Å². The Hall–Kier alpha value is -0.380. The molecule has 1 heterocycles. The van der Waals surface area contributed by atoms with E-state index < -0.39 is 0 Å². The van der Waals surface area contributed by atoms with Gasteiger partial charge in [0.15, 0.2) is 0 Å². The van der Waals surface area contributed by atoms with Gasteiger partial charge in [0.1, 0.15) is 0 Å². The first-order valence-electron chi connectivity index (χ1n) is 4.43. The molecule has 0 bridgehead atoms. The van der Waals surface area contributed by atoms with E-state index >= 15 is 0 Å². The van der Waals surface area contributed by atoms with E-state index in [4.69, 9.17) is 5.84 Å². The van der Waals surface area contributed by atoms with Crippen molar-refractivity contribution >= 4 is 11.3 Å². The minimum absolute atomic E-state index is 0.825. The zero-order chi connectivity index (χ0) is 8.39. The van der Waals surface area contributed by atoms with Crippen LogP contribution in [-0.2, 0) is 19.4 Å². The van der Waals surface area contributed by atoms with Crippen LogP contribution in [0.15, 0.2) is 5.38 Å². The predicted octanol–water partition coefficient (Wildman–Crippen LogP) is 1.59. The highest BCUT2D eigenvalue weighted by Crippen LogP contribution is 2.29. The number of thiophene rings is 1. The van der Waals surface area contributed by atoms with Crippen LogP contribution in [0.3, 0.4) is 0 Å². The second kappa shape index (κ2) is 3.56. The van der Waals surface area contributed by atoms with Crippen LogP contribution in [0.4, 0.5) is 0 Å². The van der Waals surface area contributed by atoms with E-state index in [0.717, 1.165) is 6.54 Å². The lowest BCUT2D eigenvalue weighted by molar-refractivity contribution is 0.675. The lowest BCUT2D eigenvalue weighted by Crippen LogP contribution is -2.21. The van der Waals surface area contributed by atoms with Gasteiger partial charge in [-0.05, 0) is 42.2 Å². The third-order valence-corrected chi connectivity index (χ3v) is 3.58. The Kier molecular flexibility index (Phi) is 2.44. The molecular weight excluding hydrogens is 168 g/mol. The first-order valence-corrected chi connectivity index (χ1v) is 5.31. The first kappa shape index (κ1) is 8.23. The molecule has 0 saturated heterocycles. The third kappa shape index (κ3) is 1.40. The number of hydrazine groups is 1. The van der Waals surface area contributed by atoms with Crippen molar-refractivity contribution in [3.05, 3.63) is 21.4 Å². The van der Waals surface area contributed by atoms with Crippen molar-refractivity contribution in [3.63, 3.8) is 0 Å². The summed E-state index contributed by atoms with van der Waals surface area (Å²) in [6.07, 6.45) is 5.25. The molecule has 1 aliphatic rings. The van der Waals surface area contributed by atoms with Crippen molar-refractivity contribution in [2.75, 3.05) is 0 Å². The van der Waals surface area contributed by atoms with Crippen LogP contribution in [0, 0.1) is 0 Å². The number of hydrogen-bond donors (Lipinski definition) is 2. The van der Waals surface area contributed by atoms with Gasteiger partial charge in [0.2, 0.25) is 0 Å². The maximum atomic E-state index is 5.31. The number of hydrogen-bond acceptors (Lipinski definition) is 3. The predicted molar refractivity (Wildman–Crippen MR) is 52.0 cm³/mol. The Morgan fingerprint density at radius 2 is 2.25 bits per heavy atom. The quantitative estimate of drug-likeness (QED) is 0.538. The fourth-order valence-corrected chi connectivity index (χ4v) is 2.97. The summed E-state index contributed by atoms with van der Waals surface area (Å²) in [5, 5.41) is 2.25. The summed E-state index contributed by atoms with van der Waals surface area (Å²) in [4.78, 5) is 1.59. The first-order chi connectivity index (χ1) is 5.92. The highest BCUT2D eigenvalue weighted by Gasteiger charge is 2.14. The van der Waals surface area contributed by atoms with Crippen molar-refractivity contribution in [2.45, 2.75) is 32.2 Å². The molecule has 0 fully saturated rings. The fraction of sp³-hybridized carbons (Fsp3) is 0.556. The SMILES string of the molecule is NNCc1csc2c1CCCC2. The summed E-state index contributed by atoms with van der Waals surface area (Å²) in [6, 6.07) is 0. The van der Waals surface area contributed by atoms with E-state index in [2.05, 4.69) is 10.8 Å². The molecule has 3 N–H and O–H groups in total. The van der Waals surface area contributed by atoms with Crippen LogP contribution >= 0.6 is 11.3 Å². The van der Waals surface area contributed by atoms with Crippen LogP contribution in [0.1, 0.15) is 28.8 Å². The van der Waals surface area contributed by atoms with Gasteiger partial charge in [0.05, 0.1) is 0 Å². The largest absolute Gasteiger partial charge is 0.271 e. The van der Waals surface area contributed by atoms with Gasteiger partial charge in [-0.1, -0.05) is 0 Å². The summed E-state index contributed by atoms with van der Waals surface area (Å²) >= 11 is 1.90. The van der Waals surface area contributed by atoms with Gasteiger partial charge >= 0.3 is 0 Å². The summed E-state index contributed by atoms with van der Waals surface area (Å²) in [5.41, 5.74) is 5.71. The van der Waals surface area contributed by atoms with Crippen molar-refractivity contribution in [2.24, 2.45) is 5.84 Å². The van der Waals surface area contributed by atoms with Crippen LogP contribution in [0.25, 0.3) is 0 Å².